The van der Waals surface area contributed by atoms with Crippen LogP contribution in [0.5, 0.6) is 0 Å². The second-order valence-electron chi connectivity index (χ2n) is 8.49. The van der Waals surface area contributed by atoms with E-state index in [1.807, 2.05) is 68.8 Å². The zero-order chi connectivity index (χ0) is 25.9. The van der Waals surface area contributed by atoms with E-state index >= 15 is 0 Å². The molecule has 1 aliphatic heterocycles. The van der Waals surface area contributed by atoms with Gasteiger partial charge in [0.2, 0.25) is 0 Å². The van der Waals surface area contributed by atoms with Gasteiger partial charge in [-0.05, 0) is 29.0 Å². The summed E-state index contributed by atoms with van der Waals surface area (Å²) in [7, 11) is 0.185. The van der Waals surface area contributed by atoms with Gasteiger partial charge in [0.25, 0.3) is 10.1 Å². The summed E-state index contributed by atoms with van der Waals surface area (Å²) in [6.45, 7) is 0. The molecule has 0 N–H and O–H groups in total. The Morgan fingerprint density at radius 2 is 1.81 bits per heavy atom. The fraction of sp³-hybridized carbons (Fsp3) is 0.167. The molecule has 0 radical (unpaired) electrons. The number of nitrogens with zero attached hydrogens (tertiary/aromatic N) is 5. The van der Waals surface area contributed by atoms with Crippen molar-refractivity contribution in [3.8, 4) is 0 Å². The Hall–Kier alpha value is -2.26. The SMILES string of the molecule is C[N+]1(C)C=CC(Sc2ccnnn2)=C(Sc2nc3ccccc3s2)C1SOS(=O)(=O)Cc1ccccc1. The van der Waals surface area contributed by atoms with Gasteiger partial charge < -0.3 is 0 Å². The van der Waals surface area contributed by atoms with Crippen molar-refractivity contribution >= 4 is 67.2 Å². The van der Waals surface area contributed by atoms with Crippen LogP contribution in [0, 0.1) is 0 Å². The Morgan fingerprint density at radius 3 is 2.57 bits per heavy atom. The van der Waals surface area contributed by atoms with E-state index in [2.05, 4.69) is 15.4 Å². The molecule has 0 aliphatic carbocycles. The van der Waals surface area contributed by atoms with E-state index < -0.39 is 10.1 Å². The quantitative estimate of drug-likeness (QED) is 0.179. The predicted octanol–water partition coefficient (Wildman–Crippen LogP) is 5.70. The molecular formula is C24H22N5O3S5+. The number of hydrogen-bond donors (Lipinski definition) is 0. The van der Waals surface area contributed by atoms with Crippen LogP contribution < -0.4 is 0 Å². The maximum Gasteiger partial charge on any atom is 0.282 e. The van der Waals surface area contributed by atoms with Crippen molar-refractivity contribution in [1.29, 1.82) is 0 Å². The molecule has 1 aliphatic rings. The number of allylic oxidation sites excluding steroid dienone is 1. The fourth-order valence-corrected chi connectivity index (χ4v) is 9.18. The molecule has 13 heteroatoms. The van der Waals surface area contributed by atoms with Crippen molar-refractivity contribution < 1.29 is 16.5 Å². The topological polar surface area (TPSA) is 94.9 Å². The minimum atomic E-state index is -3.83. The molecule has 190 valence electrons. The molecule has 0 bridgehead atoms. The van der Waals surface area contributed by atoms with E-state index in [4.69, 9.17) is 8.61 Å². The maximum atomic E-state index is 12.9. The van der Waals surface area contributed by atoms with Crippen LogP contribution in [-0.4, -0.2) is 52.8 Å². The summed E-state index contributed by atoms with van der Waals surface area (Å²) in [5.74, 6) is -0.199. The number of benzene rings is 2. The minimum absolute atomic E-state index is 0.199. The van der Waals surface area contributed by atoms with E-state index in [0.717, 1.165) is 36.4 Å². The van der Waals surface area contributed by atoms with Crippen molar-refractivity contribution in [2.75, 3.05) is 14.1 Å². The monoisotopic (exact) mass is 588 g/mol. The van der Waals surface area contributed by atoms with Crippen LogP contribution in [-0.2, 0) is 19.5 Å². The van der Waals surface area contributed by atoms with Crippen LogP contribution in [0.3, 0.4) is 0 Å². The third kappa shape index (κ3) is 6.60. The van der Waals surface area contributed by atoms with Gasteiger partial charge in [-0.2, -0.15) is 12.0 Å². The molecule has 0 fully saturated rings. The maximum absolute atomic E-state index is 12.9. The fourth-order valence-electron chi connectivity index (χ4n) is 3.47. The third-order valence-electron chi connectivity index (χ3n) is 5.27. The number of hydrogen-bond acceptors (Lipinski definition) is 11. The summed E-state index contributed by atoms with van der Waals surface area (Å²) in [6, 6.07) is 18.8. The molecule has 3 heterocycles. The number of aromatic nitrogens is 4. The highest BCUT2D eigenvalue weighted by Crippen LogP contribution is 2.48. The van der Waals surface area contributed by atoms with Crippen LogP contribution in [0.15, 0.2) is 98.3 Å². The summed E-state index contributed by atoms with van der Waals surface area (Å²) < 4.78 is 33.6. The average Bonchev–Trinajstić information content (AvgIpc) is 3.29. The van der Waals surface area contributed by atoms with Crippen molar-refractivity contribution in [2.45, 2.75) is 20.5 Å². The van der Waals surface area contributed by atoms with Gasteiger partial charge in [-0.25, -0.2) is 4.98 Å². The summed E-state index contributed by atoms with van der Waals surface area (Å²) in [5.41, 5.74) is 1.60. The van der Waals surface area contributed by atoms with E-state index in [9.17, 15) is 8.42 Å². The lowest BCUT2D eigenvalue weighted by molar-refractivity contribution is -0.844. The zero-order valence-corrected chi connectivity index (χ0v) is 23.9. The first-order valence-corrected chi connectivity index (χ1v) is 15.9. The lowest BCUT2D eigenvalue weighted by Crippen LogP contribution is -2.44. The number of thiazole rings is 1. The smallest absolute Gasteiger partial charge is 0.282 e. The van der Waals surface area contributed by atoms with E-state index in [-0.39, 0.29) is 11.1 Å². The molecule has 4 aromatic rings. The second kappa shape index (κ2) is 11.2. The second-order valence-corrected chi connectivity index (χ2v) is 14.5. The lowest BCUT2D eigenvalue weighted by Gasteiger charge is -2.37. The Balaban J connectivity index is 1.47. The molecule has 2 aromatic heterocycles. The summed E-state index contributed by atoms with van der Waals surface area (Å²) in [5, 5.41) is 11.9. The number of likely N-dealkylation sites (N-methyl/N-ethyl adjacent to an activating group) is 1. The minimum Gasteiger partial charge on any atom is -0.285 e. The normalized spacial score (nSPS) is 17.4. The first-order chi connectivity index (χ1) is 17.8. The van der Waals surface area contributed by atoms with Crippen LogP contribution in [0.4, 0.5) is 0 Å². The van der Waals surface area contributed by atoms with Crippen LogP contribution in [0.1, 0.15) is 5.56 Å². The van der Waals surface area contributed by atoms with Crippen molar-refractivity contribution in [3.63, 3.8) is 0 Å². The number of fused-ring (bicyclic) bond motifs is 1. The lowest BCUT2D eigenvalue weighted by atomic mass is 10.2. The van der Waals surface area contributed by atoms with Crippen molar-refractivity contribution in [1.82, 2.24) is 20.4 Å². The summed E-state index contributed by atoms with van der Waals surface area (Å²) >= 11 is 5.52. The summed E-state index contributed by atoms with van der Waals surface area (Å²) in [6.07, 6.45) is 5.64. The van der Waals surface area contributed by atoms with Gasteiger partial charge in [-0.1, -0.05) is 66.0 Å². The van der Waals surface area contributed by atoms with Gasteiger partial charge in [-0.15, -0.1) is 21.5 Å². The highest BCUT2D eigenvalue weighted by Gasteiger charge is 2.39. The van der Waals surface area contributed by atoms with Gasteiger partial charge in [0.1, 0.15) is 10.8 Å². The molecule has 0 amide bonds. The molecule has 1 atom stereocenters. The first kappa shape index (κ1) is 26.4. The largest absolute Gasteiger partial charge is 0.285 e. The van der Waals surface area contributed by atoms with Gasteiger partial charge in [0, 0.05) is 11.0 Å². The van der Waals surface area contributed by atoms with Crippen molar-refractivity contribution in [2.24, 2.45) is 0 Å². The first-order valence-electron chi connectivity index (χ1n) is 11.0. The van der Waals surface area contributed by atoms with Crippen LogP contribution in [0.2, 0.25) is 0 Å². The zero-order valence-electron chi connectivity index (χ0n) is 19.8. The predicted molar refractivity (Wildman–Crippen MR) is 151 cm³/mol. The third-order valence-corrected chi connectivity index (χ3v) is 11.6. The van der Waals surface area contributed by atoms with Crippen molar-refractivity contribution in [3.05, 3.63) is 94.5 Å². The molecular weight excluding hydrogens is 567 g/mol. The number of thioether (sulfide) groups is 2. The van der Waals surface area contributed by atoms with Gasteiger partial charge in [0.15, 0.2) is 9.71 Å². The van der Waals surface area contributed by atoms with Crippen LogP contribution >= 0.6 is 46.9 Å². The van der Waals surface area contributed by atoms with Crippen LogP contribution in [0.25, 0.3) is 10.2 Å². The standard InChI is InChI=1S/C24H22N5O3S5/c1-29(2)15-13-20(33-21-12-14-25-28-27-21)22(35-24-26-18-10-6-7-11-19(18)34-24)23(29)36-32-37(30,31)16-17-8-4-3-5-9-17/h3-15,23H,16H2,1-2H3/q+1. The molecule has 8 nitrogen and oxygen atoms in total. The molecule has 0 spiro atoms. The molecule has 1 unspecified atom stereocenters. The molecule has 37 heavy (non-hydrogen) atoms. The van der Waals surface area contributed by atoms with E-state index in [0.29, 0.717) is 15.1 Å². The average molecular weight is 589 g/mol. The Bertz CT molecular complexity index is 1520. The highest BCUT2D eigenvalue weighted by molar-refractivity contribution is 8.10. The molecule has 0 saturated heterocycles. The van der Waals surface area contributed by atoms with E-state index in [1.54, 1.807) is 35.7 Å². The number of quaternary nitrogens is 1. The number of para-hydroxylation sites is 1. The molecule has 0 saturated carbocycles. The molecule has 5 rings (SSSR count). The number of rotatable bonds is 9. The highest BCUT2D eigenvalue weighted by atomic mass is 32.3. The van der Waals surface area contributed by atoms with E-state index in [1.165, 1.54) is 23.5 Å². The summed E-state index contributed by atoms with van der Waals surface area (Å²) in [4.78, 5) is 6.64. The Labute approximate surface area is 232 Å². The van der Waals surface area contributed by atoms with Gasteiger partial charge >= 0.3 is 0 Å². The Morgan fingerprint density at radius 1 is 1.03 bits per heavy atom. The molecule has 2 aromatic carbocycles. The van der Waals surface area contributed by atoms with Gasteiger partial charge in [0.05, 0.1) is 53.7 Å². The van der Waals surface area contributed by atoms with Gasteiger partial charge in [-0.3, -0.25) is 4.48 Å². The Kier molecular flexibility index (Phi) is 8.00.